The quantitative estimate of drug-likeness (QED) is 0.610. The third kappa shape index (κ3) is 6.18. The van der Waals surface area contributed by atoms with E-state index in [1.165, 1.54) is 11.8 Å². The van der Waals surface area contributed by atoms with Crippen molar-refractivity contribution in [3.63, 3.8) is 0 Å². The first-order valence-electron chi connectivity index (χ1n) is 8.52. The second kappa shape index (κ2) is 10.4. The number of benzene rings is 2. The number of thioether (sulfide) groups is 1. The Labute approximate surface area is 167 Å². The molecule has 6 heteroatoms. The molecule has 2 rings (SSSR count). The topological polar surface area (TPSA) is 49.4 Å². The zero-order valence-corrected chi connectivity index (χ0v) is 17.4. The summed E-state index contributed by atoms with van der Waals surface area (Å²) in [6.45, 7) is 4.58. The van der Waals surface area contributed by atoms with Crippen LogP contribution in [0.5, 0.6) is 0 Å². The summed E-state index contributed by atoms with van der Waals surface area (Å²) < 4.78 is 0.970. The van der Waals surface area contributed by atoms with Crippen LogP contribution in [0.1, 0.15) is 18.9 Å². The van der Waals surface area contributed by atoms with Crippen LogP contribution in [0.4, 0.5) is 5.69 Å². The molecule has 0 heterocycles. The summed E-state index contributed by atoms with van der Waals surface area (Å²) in [6, 6.07) is 15.4. The van der Waals surface area contributed by atoms with Gasteiger partial charge in [0.2, 0.25) is 11.8 Å². The number of hydrogen-bond acceptors (Lipinski definition) is 3. The van der Waals surface area contributed by atoms with Gasteiger partial charge in [0, 0.05) is 21.6 Å². The Balaban J connectivity index is 1.94. The van der Waals surface area contributed by atoms with Gasteiger partial charge in [0.05, 0.1) is 12.3 Å². The first-order chi connectivity index (χ1) is 12.5. The number of rotatable bonds is 8. The number of carbonyl (C=O) groups is 2. The van der Waals surface area contributed by atoms with Crippen molar-refractivity contribution in [3.8, 4) is 0 Å². The zero-order chi connectivity index (χ0) is 18.9. The highest BCUT2D eigenvalue weighted by molar-refractivity contribution is 9.10. The summed E-state index contributed by atoms with van der Waals surface area (Å²) in [4.78, 5) is 27.6. The van der Waals surface area contributed by atoms with Crippen molar-refractivity contribution in [3.05, 3.63) is 58.6 Å². The minimum atomic E-state index is -0.174. The molecule has 2 aromatic carbocycles. The maximum Gasteiger partial charge on any atom is 0.244 e. The number of nitrogens with one attached hydrogen (secondary N) is 1. The smallest absolute Gasteiger partial charge is 0.244 e. The molecule has 0 saturated heterocycles. The molecule has 1 N–H and O–H groups in total. The van der Waals surface area contributed by atoms with Crippen LogP contribution in [0.25, 0.3) is 0 Å². The zero-order valence-electron chi connectivity index (χ0n) is 15.0. The summed E-state index contributed by atoms with van der Waals surface area (Å²) in [5.41, 5.74) is 1.78. The van der Waals surface area contributed by atoms with Gasteiger partial charge in [-0.05, 0) is 53.0 Å². The van der Waals surface area contributed by atoms with Crippen molar-refractivity contribution < 1.29 is 9.59 Å². The number of aryl methyl sites for hydroxylation is 1. The number of anilines is 1. The van der Waals surface area contributed by atoms with Gasteiger partial charge in [-0.1, -0.05) is 37.3 Å². The largest absolute Gasteiger partial charge is 0.333 e. The molecule has 138 valence electrons. The Kier molecular flexibility index (Phi) is 8.19. The van der Waals surface area contributed by atoms with E-state index in [2.05, 4.69) is 21.2 Å². The minimum absolute atomic E-state index is 0.0347. The van der Waals surface area contributed by atoms with Crippen LogP contribution in [0.3, 0.4) is 0 Å². The highest BCUT2D eigenvalue weighted by Crippen LogP contribution is 2.27. The monoisotopic (exact) mass is 434 g/mol. The fourth-order valence-corrected chi connectivity index (χ4v) is 3.90. The van der Waals surface area contributed by atoms with Gasteiger partial charge in [-0.2, -0.15) is 0 Å². The number of para-hydroxylation sites is 1. The normalized spacial score (nSPS) is 10.4. The average Bonchev–Trinajstić information content (AvgIpc) is 2.62. The van der Waals surface area contributed by atoms with E-state index in [9.17, 15) is 9.59 Å². The van der Waals surface area contributed by atoms with Crippen molar-refractivity contribution in [1.82, 2.24) is 4.90 Å². The first-order valence-corrected chi connectivity index (χ1v) is 10.3. The Morgan fingerprint density at radius 1 is 1.12 bits per heavy atom. The van der Waals surface area contributed by atoms with E-state index in [4.69, 9.17) is 0 Å². The second-order valence-electron chi connectivity index (χ2n) is 5.90. The molecule has 0 aliphatic carbocycles. The Morgan fingerprint density at radius 2 is 1.81 bits per heavy atom. The van der Waals surface area contributed by atoms with Crippen LogP contribution in [0.15, 0.2) is 57.9 Å². The number of nitrogens with zero attached hydrogens (tertiary/aromatic N) is 1. The fraction of sp³-hybridized carbons (Fsp3) is 0.300. The van der Waals surface area contributed by atoms with Crippen LogP contribution in [0.2, 0.25) is 0 Å². The van der Waals surface area contributed by atoms with E-state index in [1.54, 1.807) is 4.90 Å². The molecule has 0 radical (unpaired) electrons. The number of carbonyl (C=O) groups excluding carboxylic acids is 2. The molecular weight excluding hydrogens is 412 g/mol. The van der Waals surface area contributed by atoms with Crippen LogP contribution in [-0.4, -0.2) is 35.6 Å². The van der Waals surface area contributed by atoms with E-state index >= 15 is 0 Å². The number of halogens is 1. The molecule has 0 bridgehead atoms. The molecule has 2 aromatic rings. The van der Waals surface area contributed by atoms with Crippen LogP contribution in [0, 0.1) is 6.92 Å². The molecule has 26 heavy (non-hydrogen) atoms. The summed E-state index contributed by atoms with van der Waals surface area (Å²) in [7, 11) is 0. The predicted octanol–water partition coefficient (Wildman–Crippen LogP) is 4.73. The molecule has 0 aliphatic heterocycles. The molecule has 0 saturated carbocycles. The molecule has 0 spiro atoms. The maximum atomic E-state index is 12.6. The molecule has 4 nitrogen and oxygen atoms in total. The van der Waals surface area contributed by atoms with Gasteiger partial charge in [-0.25, -0.2) is 0 Å². The molecule has 0 fully saturated rings. The van der Waals surface area contributed by atoms with Crippen LogP contribution >= 0.6 is 27.7 Å². The van der Waals surface area contributed by atoms with Gasteiger partial charge in [0.15, 0.2) is 0 Å². The Morgan fingerprint density at radius 3 is 2.50 bits per heavy atom. The van der Waals surface area contributed by atoms with Gasteiger partial charge in [-0.3, -0.25) is 9.59 Å². The standard InChI is InChI=1S/C20H23BrN2O2S/c1-3-12-23(13-19(24)22-17-10-6-4-8-15(17)2)20(25)14-26-18-11-7-5-9-16(18)21/h4-11H,3,12-14H2,1-2H3,(H,22,24). The van der Waals surface area contributed by atoms with Gasteiger partial charge in [-0.15, -0.1) is 11.8 Å². The summed E-state index contributed by atoms with van der Waals surface area (Å²) >= 11 is 4.96. The van der Waals surface area contributed by atoms with Gasteiger partial charge >= 0.3 is 0 Å². The van der Waals surface area contributed by atoms with Crippen LogP contribution in [-0.2, 0) is 9.59 Å². The Bertz CT molecular complexity index is 767. The third-order valence-corrected chi connectivity index (χ3v) is 5.80. The number of amides is 2. The lowest BCUT2D eigenvalue weighted by molar-refractivity contribution is -0.132. The number of hydrogen-bond donors (Lipinski definition) is 1. The Hall–Kier alpha value is -1.79. The van der Waals surface area contributed by atoms with E-state index in [1.807, 2.05) is 62.4 Å². The lowest BCUT2D eigenvalue weighted by Gasteiger charge is -2.22. The fourth-order valence-electron chi connectivity index (χ4n) is 2.43. The van der Waals surface area contributed by atoms with Crippen molar-refractivity contribution in [2.75, 3.05) is 24.2 Å². The maximum absolute atomic E-state index is 12.6. The van der Waals surface area contributed by atoms with Crippen molar-refractivity contribution in [2.45, 2.75) is 25.2 Å². The first kappa shape index (κ1) is 20.5. The average molecular weight is 435 g/mol. The van der Waals surface area contributed by atoms with Crippen molar-refractivity contribution in [1.29, 1.82) is 0 Å². The minimum Gasteiger partial charge on any atom is -0.333 e. The van der Waals surface area contributed by atoms with Crippen molar-refractivity contribution >= 4 is 45.2 Å². The van der Waals surface area contributed by atoms with Crippen LogP contribution < -0.4 is 5.32 Å². The highest BCUT2D eigenvalue weighted by Gasteiger charge is 2.17. The summed E-state index contributed by atoms with van der Waals surface area (Å²) in [6.07, 6.45) is 0.809. The summed E-state index contributed by atoms with van der Waals surface area (Å²) in [5.74, 6) is 0.0970. The molecule has 0 unspecified atom stereocenters. The van der Waals surface area contributed by atoms with Gasteiger partial charge < -0.3 is 10.2 Å². The van der Waals surface area contributed by atoms with E-state index in [-0.39, 0.29) is 18.4 Å². The molecule has 0 aromatic heterocycles. The molecule has 2 amide bonds. The third-order valence-electron chi connectivity index (χ3n) is 3.79. The summed E-state index contributed by atoms with van der Waals surface area (Å²) in [5, 5.41) is 2.89. The van der Waals surface area contributed by atoms with Gasteiger partial charge in [0.25, 0.3) is 0 Å². The molecule has 0 aliphatic rings. The lowest BCUT2D eigenvalue weighted by Crippen LogP contribution is -2.39. The SMILES string of the molecule is CCCN(CC(=O)Nc1ccccc1C)C(=O)CSc1ccccc1Br. The highest BCUT2D eigenvalue weighted by atomic mass is 79.9. The van der Waals surface area contributed by atoms with E-state index in [0.29, 0.717) is 12.3 Å². The van der Waals surface area contributed by atoms with E-state index in [0.717, 1.165) is 27.0 Å². The lowest BCUT2D eigenvalue weighted by atomic mass is 10.2. The second-order valence-corrected chi connectivity index (χ2v) is 7.77. The molecule has 0 atom stereocenters. The van der Waals surface area contributed by atoms with Crippen molar-refractivity contribution in [2.24, 2.45) is 0 Å². The predicted molar refractivity (Wildman–Crippen MR) is 112 cm³/mol. The molecular formula is C20H23BrN2O2S. The van der Waals surface area contributed by atoms with E-state index < -0.39 is 0 Å². The van der Waals surface area contributed by atoms with Gasteiger partial charge in [0.1, 0.15) is 0 Å².